The summed E-state index contributed by atoms with van der Waals surface area (Å²) in [7, 11) is 0. The zero-order valence-electron chi connectivity index (χ0n) is 5.63. The molecule has 0 bridgehead atoms. The number of rotatable bonds is 2. The molecule has 0 saturated carbocycles. The molecule has 54 valence electrons. The highest BCUT2D eigenvalue weighted by Gasteiger charge is 1.97. The van der Waals surface area contributed by atoms with Gasteiger partial charge in [-0.25, -0.2) is 4.68 Å². The van der Waals surface area contributed by atoms with E-state index in [1.165, 1.54) is 23.9 Å². The molecule has 0 saturated heterocycles. The van der Waals surface area contributed by atoms with Crippen molar-refractivity contribution in [3.05, 3.63) is 22.6 Å². The van der Waals surface area contributed by atoms with Crippen LogP contribution in [0.1, 0.15) is 6.92 Å². The summed E-state index contributed by atoms with van der Waals surface area (Å²) < 4.78 is 1.25. The molecule has 10 heavy (non-hydrogen) atoms. The van der Waals surface area contributed by atoms with E-state index in [0.717, 1.165) is 0 Å². The highest BCUT2D eigenvalue weighted by molar-refractivity contribution is 5.75. The number of Topliss-reactive ketones (excluding diaryl/α,β-unsaturated/α-hetero) is 1. The molecule has 0 spiro atoms. The minimum absolute atomic E-state index is 0.0375. The Morgan fingerprint density at radius 2 is 2.50 bits per heavy atom. The lowest BCUT2D eigenvalue weighted by Gasteiger charge is -1.93. The van der Waals surface area contributed by atoms with Crippen LogP contribution >= 0.6 is 0 Å². The number of nitrogens with zero attached hydrogens (tertiary/aromatic N) is 1. The molecular weight excluding hydrogens is 132 g/mol. The third-order valence-corrected chi connectivity index (χ3v) is 1.10. The van der Waals surface area contributed by atoms with Gasteiger partial charge < -0.3 is 5.10 Å². The molecule has 0 amide bonds. The van der Waals surface area contributed by atoms with Gasteiger partial charge in [-0.1, -0.05) is 0 Å². The molecule has 1 rings (SSSR count). The summed E-state index contributed by atoms with van der Waals surface area (Å²) in [6.07, 6.45) is 1.51. The molecule has 1 aromatic heterocycles. The molecule has 0 fully saturated rings. The van der Waals surface area contributed by atoms with E-state index < -0.39 is 0 Å². The molecule has 4 nitrogen and oxygen atoms in total. The van der Waals surface area contributed by atoms with Crippen molar-refractivity contribution in [2.75, 3.05) is 0 Å². The molecule has 0 unspecified atom stereocenters. The van der Waals surface area contributed by atoms with Gasteiger partial charge in [-0.05, 0) is 6.92 Å². The maximum atomic E-state index is 10.7. The van der Waals surface area contributed by atoms with Gasteiger partial charge in [0.2, 0.25) is 0 Å². The van der Waals surface area contributed by atoms with Gasteiger partial charge in [0.05, 0.1) is 0 Å². The van der Waals surface area contributed by atoms with E-state index in [-0.39, 0.29) is 17.9 Å². The maximum absolute atomic E-state index is 10.7. The maximum Gasteiger partial charge on any atom is 0.266 e. The largest absolute Gasteiger partial charge is 0.302 e. The van der Waals surface area contributed by atoms with E-state index in [1.807, 2.05) is 0 Å². The summed E-state index contributed by atoms with van der Waals surface area (Å²) in [6, 6.07) is 1.38. The van der Waals surface area contributed by atoms with Crippen molar-refractivity contribution in [2.45, 2.75) is 13.5 Å². The van der Waals surface area contributed by atoms with Crippen LogP contribution in [0, 0.1) is 0 Å². The average Bonchev–Trinajstić information content (AvgIpc) is 2.15. The summed E-state index contributed by atoms with van der Waals surface area (Å²) in [5.74, 6) is -0.0375. The van der Waals surface area contributed by atoms with E-state index in [1.54, 1.807) is 0 Å². The van der Waals surface area contributed by atoms with Gasteiger partial charge in [-0.3, -0.25) is 9.59 Å². The standard InChI is InChI=1S/C6H8N2O2/c1-5(9)4-8-6(10)2-3-7-8/h2-3,7H,4H2,1H3. The number of hydrogen-bond donors (Lipinski definition) is 1. The molecule has 1 aromatic rings. The first-order valence-electron chi connectivity index (χ1n) is 2.94. The number of nitrogens with one attached hydrogen (secondary N) is 1. The summed E-state index contributed by atoms with van der Waals surface area (Å²) in [6.45, 7) is 1.57. The molecule has 0 radical (unpaired) electrons. The van der Waals surface area contributed by atoms with Crippen LogP contribution in [0.15, 0.2) is 17.1 Å². The predicted molar refractivity (Wildman–Crippen MR) is 35.7 cm³/mol. The van der Waals surface area contributed by atoms with Crippen molar-refractivity contribution >= 4 is 5.78 Å². The van der Waals surface area contributed by atoms with E-state index >= 15 is 0 Å². The fraction of sp³-hybridized carbons (Fsp3) is 0.333. The Kier molecular flexibility index (Phi) is 1.71. The average molecular weight is 140 g/mol. The van der Waals surface area contributed by atoms with Crippen LogP contribution in [0.5, 0.6) is 0 Å². The monoisotopic (exact) mass is 140 g/mol. The van der Waals surface area contributed by atoms with Crippen molar-refractivity contribution < 1.29 is 4.79 Å². The SMILES string of the molecule is CC(=O)Cn1[nH]ccc1=O. The number of ketones is 1. The summed E-state index contributed by atoms with van der Waals surface area (Å²) >= 11 is 0. The molecule has 0 aliphatic rings. The van der Waals surface area contributed by atoms with Crippen LogP contribution in [0.2, 0.25) is 0 Å². The first-order valence-corrected chi connectivity index (χ1v) is 2.94. The Morgan fingerprint density at radius 1 is 1.80 bits per heavy atom. The fourth-order valence-corrected chi connectivity index (χ4v) is 0.698. The third kappa shape index (κ3) is 1.34. The zero-order valence-corrected chi connectivity index (χ0v) is 5.63. The van der Waals surface area contributed by atoms with Crippen LogP contribution in [-0.2, 0) is 11.3 Å². The Morgan fingerprint density at radius 3 is 2.90 bits per heavy atom. The minimum Gasteiger partial charge on any atom is -0.302 e. The smallest absolute Gasteiger partial charge is 0.266 e. The normalized spacial score (nSPS) is 9.70. The van der Waals surface area contributed by atoms with E-state index in [9.17, 15) is 9.59 Å². The van der Waals surface area contributed by atoms with Gasteiger partial charge in [0, 0.05) is 12.3 Å². The summed E-state index contributed by atoms with van der Waals surface area (Å²) in [5.41, 5.74) is -0.171. The van der Waals surface area contributed by atoms with Gasteiger partial charge in [-0.15, -0.1) is 0 Å². The van der Waals surface area contributed by atoms with Gasteiger partial charge >= 0.3 is 0 Å². The molecule has 1 N–H and O–H groups in total. The van der Waals surface area contributed by atoms with Crippen molar-refractivity contribution in [3.63, 3.8) is 0 Å². The van der Waals surface area contributed by atoms with Gasteiger partial charge in [0.25, 0.3) is 5.56 Å². The number of H-pyrrole nitrogens is 1. The van der Waals surface area contributed by atoms with Gasteiger partial charge in [0.15, 0.2) is 5.78 Å². The molecule has 0 aliphatic heterocycles. The Labute approximate surface area is 57.5 Å². The van der Waals surface area contributed by atoms with E-state index in [2.05, 4.69) is 5.10 Å². The molecule has 4 heteroatoms. The lowest BCUT2D eigenvalue weighted by molar-refractivity contribution is -0.117. The number of hydrogen-bond acceptors (Lipinski definition) is 2. The van der Waals surface area contributed by atoms with Gasteiger partial charge in [-0.2, -0.15) is 0 Å². The first-order chi connectivity index (χ1) is 4.70. The third-order valence-electron chi connectivity index (χ3n) is 1.10. The summed E-state index contributed by atoms with van der Waals surface area (Å²) in [5, 5.41) is 2.62. The summed E-state index contributed by atoms with van der Waals surface area (Å²) in [4.78, 5) is 21.2. The molecule has 0 aliphatic carbocycles. The molecule has 0 aromatic carbocycles. The number of aromatic nitrogens is 2. The van der Waals surface area contributed by atoms with Crippen LogP contribution < -0.4 is 5.56 Å². The highest BCUT2D eigenvalue weighted by atomic mass is 16.1. The van der Waals surface area contributed by atoms with E-state index in [4.69, 9.17) is 0 Å². The topological polar surface area (TPSA) is 54.9 Å². The van der Waals surface area contributed by atoms with Crippen LogP contribution in [0.4, 0.5) is 0 Å². The van der Waals surface area contributed by atoms with Crippen LogP contribution in [0.25, 0.3) is 0 Å². The van der Waals surface area contributed by atoms with E-state index in [0.29, 0.717) is 0 Å². The molecule has 1 heterocycles. The van der Waals surface area contributed by atoms with Crippen molar-refractivity contribution in [3.8, 4) is 0 Å². The second-order valence-corrected chi connectivity index (χ2v) is 2.09. The Balaban J connectivity index is 2.85. The van der Waals surface area contributed by atoms with Crippen molar-refractivity contribution in [1.82, 2.24) is 9.78 Å². The Hall–Kier alpha value is -1.32. The lowest BCUT2D eigenvalue weighted by Crippen LogP contribution is -2.19. The van der Waals surface area contributed by atoms with Gasteiger partial charge in [0.1, 0.15) is 6.54 Å². The molecular formula is C6H8N2O2. The van der Waals surface area contributed by atoms with Crippen LogP contribution in [0.3, 0.4) is 0 Å². The fourth-order valence-electron chi connectivity index (χ4n) is 0.698. The van der Waals surface area contributed by atoms with Crippen molar-refractivity contribution in [2.24, 2.45) is 0 Å². The predicted octanol–water partition coefficient (Wildman–Crippen LogP) is -0.235. The molecule has 0 atom stereocenters. The quantitative estimate of drug-likeness (QED) is 0.616. The van der Waals surface area contributed by atoms with Crippen molar-refractivity contribution in [1.29, 1.82) is 0 Å². The second kappa shape index (κ2) is 2.51. The second-order valence-electron chi connectivity index (χ2n) is 2.09. The number of aromatic amines is 1. The van der Waals surface area contributed by atoms with Crippen LogP contribution in [-0.4, -0.2) is 15.6 Å². The first kappa shape index (κ1) is 6.80. The highest BCUT2D eigenvalue weighted by Crippen LogP contribution is 1.76. The Bertz CT molecular complexity index is 284. The number of carbonyl (C=O) groups excluding carboxylic acids is 1. The zero-order chi connectivity index (χ0) is 7.56. The lowest BCUT2D eigenvalue weighted by atomic mass is 10.4. The minimum atomic E-state index is -0.171. The number of carbonyl (C=O) groups is 1.